The quantitative estimate of drug-likeness (QED) is 0.639. The van der Waals surface area contributed by atoms with Crippen molar-refractivity contribution in [2.24, 2.45) is 0 Å². The lowest BCUT2D eigenvalue weighted by atomic mass is 10.2. The van der Waals surface area contributed by atoms with Gasteiger partial charge >= 0.3 is 5.97 Å². The van der Waals surface area contributed by atoms with E-state index in [1.807, 2.05) is 6.92 Å². The number of benzene rings is 1. The lowest BCUT2D eigenvalue weighted by molar-refractivity contribution is 0.0593. The van der Waals surface area contributed by atoms with E-state index >= 15 is 0 Å². The molecule has 0 aliphatic heterocycles. The van der Waals surface area contributed by atoms with Crippen LogP contribution in [0.3, 0.4) is 0 Å². The zero-order valence-electron chi connectivity index (χ0n) is 13.8. The predicted octanol–water partition coefficient (Wildman–Crippen LogP) is 3.17. The van der Waals surface area contributed by atoms with E-state index in [0.717, 1.165) is 42.8 Å². The summed E-state index contributed by atoms with van der Waals surface area (Å²) in [5.41, 5.74) is 4.55. The Balaban J connectivity index is 2.56. The summed E-state index contributed by atoms with van der Waals surface area (Å²) in [4.78, 5) is 11.9. The van der Waals surface area contributed by atoms with Gasteiger partial charge < -0.3 is 19.8 Å². The molecule has 0 atom stereocenters. The molecule has 1 aromatic heterocycles. The second-order valence-electron chi connectivity index (χ2n) is 5.22. The Labute approximate surface area is 143 Å². The Morgan fingerprint density at radius 2 is 2.00 bits per heavy atom. The maximum Gasteiger partial charge on any atom is 0.357 e. The fraction of sp³-hybridized carbons (Fsp3) is 0.294. The number of hydrogen-bond donors (Lipinski definition) is 1. The van der Waals surface area contributed by atoms with Gasteiger partial charge in [-0.15, -0.1) is 0 Å². The molecular weight excluding hydrogens is 332 g/mol. The van der Waals surface area contributed by atoms with E-state index < -0.39 is 23.3 Å². The van der Waals surface area contributed by atoms with Gasteiger partial charge in [0.15, 0.2) is 17.3 Å². The first-order valence-corrected chi connectivity index (χ1v) is 7.56. The Kier molecular flexibility index (Phi) is 5.60. The molecule has 132 valence electrons. The van der Waals surface area contributed by atoms with Crippen LogP contribution in [-0.2, 0) is 4.74 Å². The van der Waals surface area contributed by atoms with Crippen LogP contribution in [0.2, 0.25) is 0 Å². The smallest absolute Gasteiger partial charge is 0.357 e. The second kappa shape index (κ2) is 7.66. The minimum absolute atomic E-state index is 0.0347. The molecule has 25 heavy (non-hydrogen) atoms. The van der Waals surface area contributed by atoms with E-state index in [2.05, 4.69) is 4.74 Å². The molecule has 2 rings (SSSR count). The molecule has 0 bridgehead atoms. The average molecular weight is 349 g/mol. The summed E-state index contributed by atoms with van der Waals surface area (Å²) in [5.74, 6) is -2.80. The maximum absolute atomic E-state index is 14.5. The number of rotatable bonds is 6. The normalized spacial score (nSPS) is 10.4. The Hall–Kier alpha value is -3.08. The Morgan fingerprint density at radius 1 is 1.36 bits per heavy atom. The SMILES string of the molecule is CCCCOc1cc(F)c(-n2cc(C#N)c(N)c2C(=O)OC)c(F)c1. The third kappa shape index (κ3) is 3.55. The molecule has 1 heterocycles. The zero-order chi connectivity index (χ0) is 18.6. The molecular formula is C17H17F2N3O3. The van der Waals surface area contributed by atoms with Crippen molar-refractivity contribution >= 4 is 11.7 Å². The number of nitriles is 1. The van der Waals surface area contributed by atoms with Gasteiger partial charge in [0, 0.05) is 18.3 Å². The lowest BCUT2D eigenvalue weighted by Crippen LogP contribution is -2.13. The molecule has 0 amide bonds. The molecule has 2 aromatic rings. The van der Waals surface area contributed by atoms with Crippen molar-refractivity contribution in [3.8, 4) is 17.5 Å². The molecule has 0 spiro atoms. The first-order chi connectivity index (χ1) is 11.9. The molecule has 2 N–H and O–H groups in total. The molecule has 0 unspecified atom stereocenters. The second-order valence-corrected chi connectivity index (χ2v) is 5.22. The van der Waals surface area contributed by atoms with Crippen LogP contribution in [0, 0.1) is 23.0 Å². The van der Waals surface area contributed by atoms with Gasteiger partial charge in [-0.1, -0.05) is 13.3 Å². The summed E-state index contributed by atoms with van der Waals surface area (Å²) >= 11 is 0. The van der Waals surface area contributed by atoms with Crippen LogP contribution in [0.25, 0.3) is 5.69 Å². The highest BCUT2D eigenvalue weighted by Crippen LogP contribution is 2.30. The minimum Gasteiger partial charge on any atom is -0.493 e. The van der Waals surface area contributed by atoms with Gasteiger partial charge in [-0.2, -0.15) is 5.26 Å². The van der Waals surface area contributed by atoms with Gasteiger partial charge in [-0.25, -0.2) is 13.6 Å². The van der Waals surface area contributed by atoms with Gasteiger partial charge in [-0.05, 0) is 6.42 Å². The number of halogens is 2. The number of nitrogens with zero attached hydrogens (tertiary/aromatic N) is 2. The van der Waals surface area contributed by atoms with Crippen molar-refractivity contribution in [2.75, 3.05) is 19.5 Å². The molecule has 0 saturated heterocycles. The fourth-order valence-electron chi connectivity index (χ4n) is 2.28. The van der Waals surface area contributed by atoms with Crippen LogP contribution in [0.15, 0.2) is 18.3 Å². The highest BCUT2D eigenvalue weighted by atomic mass is 19.1. The summed E-state index contributed by atoms with van der Waals surface area (Å²) in [6.07, 6.45) is 2.71. The van der Waals surface area contributed by atoms with Crippen molar-refractivity contribution < 1.29 is 23.0 Å². The van der Waals surface area contributed by atoms with Crippen molar-refractivity contribution in [3.05, 3.63) is 41.2 Å². The molecule has 0 fully saturated rings. The van der Waals surface area contributed by atoms with Crippen LogP contribution < -0.4 is 10.5 Å². The number of methoxy groups -OCH3 is 1. The summed E-state index contributed by atoms with van der Waals surface area (Å²) in [7, 11) is 1.10. The van der Waals surface area contributed by atoms with Gasteiger partial charge in [0.2, 0.25) is 0 Å². The number of nitrogen functional groups attached to an aromatic ring is 1. The molecule has 0 saturated carbocycles. The molecule has 0 aliphatic rings. The summed E-state index contributed by atoms with van der Waals surface area (Å²) in [6, 6.07) is 3.79. The first-order valence-electron chi connectivity index (χ1n) is 7.56. The maximum atomic E-state index is 14.5. The van der Waals surface area contributed by atoms with Crippen LogP contribution in [0.1, 0.15) is 35.8 Å². The average Bonchev–Trinajstić information content (AvgIpc) is 2.90. The number of carbonyl (C=O) groups excluding carboxylic acids is 1. The highest BCUT2D eigenvalue weighted by molar-refractivity contribution is 5.96. The number of nitrogens with two attached hydrogens (primary N) is 1. The monoisotopic (exact) mass is 349 g/mol. The number of hydrogen-bond acceptors (Lipinski definition) is 5. The first kappa shape index (κ1) is 18.3. The van der Waals surface area contributed by atoms with Gasteiger partial charge in [0.05, 0.1) is 25.0 Å². The summed E-state index contributed by atoms with van der Waals surface area (Å²) < 4.78 is 39.7. The summed E-state index contributed by atoms with van der Waals surface area (Å²) in [5, 5.41) is 9.06. The number of unbranched alkanes of at least 4 members (excludes halogenated alkanes) is 1. The van der Waals surface area contributed by atoms with E-state index in [0.29, 0.717) is 6.61 Å². The molecule has 1 aromatic carbocycles. The van der Waals surface area contributed by atoms with Crippen LogP contribution in [0.4, 0.5) is 14.5 Å². The third-order valence-corrected chi connectivity index (χ3v) is 3.54. The zero-order valence-corrected chi connectivity index (χ0v) is 13.8. The number of anilines is 1. The van der Waals surface area contributed by atoms with Crippen LogP contribution in [0.5, 0.6) is 5.75 Å². The molecule has 0 radical (unpaired) electrons. The topological polar surface area (TPSA) is 90.3 Å². The summed E-state index contributed by atoms with van der Waals surface area (Å²) in [6.45, 7) is 2.29. The number of aromatic nitrogens is 1. The van der Waals surface area contributed by atoms with Crippen LogP contribution >= 0.6 is 0 Å². The minimum atomic E-state index is -0.962. The van der Waals surface area contributed by atoms with Crippen molar-refractivity contribution in [1.82, 2.24) is 4.57 Å². The number of esters is 1. The van der Waals surface area contributed by atoms with Gasteiger partial charge in [0.25, 0.3) is 0 Å². The van der Waals surface area contributed by atoms with Gasteiger partial charge in [-0.3, -0.25) is 0 Å². The van der Waals surface area contributed by atoms with E-state index in [9.17, 15) is 13.6 Å². The Bertz CT molecular complexity index is 817. The third-order valence-electron chi connectivity index (χ3n) is 3.54. The van der Waals surface area contributed by atoms with Gasteiger partial charge in [0.1, 0.15) is 17.5 Å². The predicted molar refractivity (Wildman–Crippen MR) is 86.6 cm³/mol. The van der Waals surface area contributed by atoms with Crippen LogP contribution in [-0.4, -0.2) is 24.3 Å². The number of carbonyl (C=O) groups is 1. The van der Waals surface area contributed by atoms with Crippen molar-refractivity contribution in [2.45, 2.75) is 19.8 Å². The van der Waals surface area contributed by atoms with Crippen molar-refractivity contribution in [3.63, 3.8) is 0 Å². The molecule has 0 aliphatic carbocycles. The Morgan fingerprint density at radius 3 is 2.52 bits per heavy atom. The number of ether oxygens (including phenoxy) is 2. The standard InChI is InChI=1S/C17H17F2N3O3/c1-3-4-5-25-11-6-12(18)15(13(19)7-11)22-9-10(8-20)14(21)16(22)17(23)24-2/h6-7,9H,3-5,21H2,1-2H3. The van der Waals surface area contributed by atoms with E-state index in [1.165, 1.54) is 0 Å². The highest BCUT2D eigenvalue weighted by Gasteiger charge is 2.25. The van der Waals surface area contributed by atoms with E-state index in [1.54, 1.807) is 6.07 Å². The lowest BCUT2D eigenvalue weighted by Gasteiger charge is -2.12. The molecule has 8 heteroatoms. The van der Waals surface area contributed by atoms with Crippen molar-refractivity contribution in [1.29, 1.82) is 5.26 Å². The fourth-order valence-corrected chi connectivity index (χ4v) is 2.28. The largest absolute Gasteiger partial charge is 0.493 e. The van der Waals surface area contributed by atoms with E-state index in [-0.39, 0.29) is 22.7 Å². The van der Waals surface area contributed by atoms with E-state index in [4.69, 9.17) is 15.7 Å². The molecule has 6 nitrogen and oxygen atoms in total.